The number of halogens is 2. The van der Waals surface area contributed by atoms with E-state index in [1.165, 1.54) is 0 Å². The molecule has 0 saturated carbocycles. The largest absolute Gasteiger partial charge is 0.481 e. The van der Waals surface area contributed by atoms with Crippen molar-refractivity contribution in [3.8, 4) is 0 Å². The van der Waals surface area contributed by atoms with Gasteiger partial charge in [-0.05, 0) is 56.2 Å². The molecule has 9 heteroatoms. The third-order valence-corrected chi connectivity index (χ3v) is 6.29. The van der Waals surface area contributed by atoms with Crippen LogP contribution in [0.25, 0.3) is 0 Å². The minimum absolute atomic E-state index is 0.0547. The molecule has 1 aliphatic rings. The van der Waals surface area contributed by atoms with Crippen LogP contribution in [0, 0.1) is 0 Å². The number of carbonyl (C=O) groups is 3. The van der Waals surface area contributed by atoms with Gasteiger partial charge in [0, 0.05) is 27.7 Å². The van der Waals surface area contributed by atoms with Crippen LogP contribution in [0.5, 0.6) is 0 Å². The number of carboxylic acid groups (broad SMARTS) is 1. The maximum Gasteiger partial charge on any atom is 0.305 e. The van der Waals surface area contributed by atoms with Crippen molar-refractivity contribution in [2.45, 2.75) is 58.2 Å². The zero-order chi connectivity index (χ0) is 25.8. The van der Waals surface area contributed by atoms with Crippen molar-refractivity contribution in [1.82, 2.24) is 10.2 Å². The van der Waals surface area contributed by atoms with Gasteiger partial charge in [-0.25, -0.2) is 0 Å². The van der Waals surface area contributed by atoms with E-state index in [0.717, 1.165) is 24.8 Å². The van der Waals surface area contributed by atoms with Gasteiger partial charge < -0.3 is 15.3 Å². The number of hydrogen-bond donors (Lipinski definition) is 2. The van der Waals surface area contributed by atoms with E-state index in [-0.39, 0.29) is 30.8 Å². The highest BCUT2D eigenvalue weighted by Gasteiger charge is 2.44. The van der Waals surface area contributed by atoms with Crippen molar-refractivity contribution in [3.05, 3.63) is 69.2 Å². The van der Waals surface area contributed by atoms with E-state index in [2.05, 4.69) is 12.2 Å². The Morgan fingerprint density at radius 2 is 1.74 bits per heavy atom. The number of nitrogens with zero attached hydrogens (tertiary/aromatic N) is 2. The molecule has 0 spiro atoms. The molecule has 0 aromatic heterocycles. The lowest BCUT2D eigenvalue weighted by Gasteiger charge is -2.37. The highest BCUT2D eigenvalue weighted by molar-refractivity contribution is 6.47. The normalized spacial score (nSPS) is 15.6. The minimum atomic E-state index is -0.973. The fourth-order valence-corrected chi connectivity index (χ4v) is 4.75. The van der Waals surface area contributed by atoms with Crippen LogP contribution in [-0.2, 0) is 9.59 Å². The fourth-order valence-electron chi connectivity index (χ4n) is 4.22. The molecule has 35 heavy (non-hydrogen) atoms. The average Bonchev–Trinajstić information content (AvgIpc) is 3.02. The number of nitrogens with one attached hydrogen (secondary N) is 1. The summed E-state index contributed by atoms with van der Waals surface area (Å²) in [5.41, 5.74) is 1.40. The predicted molar refractivity (Wildman–Crippen MR) is 137 cm³/mol. The molecule has 0 saturated heterocycles. The van der Waals surface area contributed by atoms with Gasteiger partial charge in [-0.15, -0.1) is 0 Å². The highest BCUT2D eigenvalue weighted by atomic mass is 35.5. The van der Waals surface area contributed by atoms with Gasteiger partial charge in [-0.1, -0.05) is 55.1 Å². The Balaban J connectivity index is 1.88. The summed E-state index contributed by atoms with van der Waals surface area (Å²) in [4.78, 5) is 43.2. The lowest BCUT2D eigenvalue weighted by Crippen LogP contribution is -2.45. The number of unbranched alkanes of at least 4 members (excludes halogenated alkanes) is 1. The summed E-state index contributed by atoms with van der Waals surface area (Å²) in [5, 5.41) is 12.2. The van der Waals surface area contributed by atoms with E-state index in [4.69, 9.17) is 33.3 Å². The maximum absolute atomic E-state index is 13.7. The van der Waals surface area contributed by atoms with Crippen molar-refractivity contribution in [1.29, 1.82) is 0 Å². The molecule has 0 radical (unpaired) electrons. The van der Waals surface area contributed by atoms with Crippen LogP contribution in [0.3, 0.4) is 0 Å². The average molecular weight is 518 g/mol. The Morgan fingerprint density at radius 3 is 2.31 bits per heavy atom. The number of benzene rings is 2. The molecule has 2 N–H and O–H groups in total. The second kappa shape index (κ2) is 11.2. The molecule has 186 valence electrons. The second-order valence-corrected chi connectivity index (χ2v) is 9.84. The monoisotopic (exact) mass is 517 g/mol. The summed E-state index contributed by atoms with van der Waals surface area (Å²) >= 11 is 12.3. The van der Waals surface area contributed by atoms with E-state index < -0.39 is 11.6 Å². The minimum Gasteiger partial charge on any atom is -0.481 e. The number of rotatable bonds is 10. The quantitative estimate of drug-likeness (QED) is 0.434. The summed E-state index contributed by atoms with van der Waals surface area (Å²) in [6.07, 6.45) is 2.45. The van der Waals surface area contributed by atoms with Crippen LogP contribution >= 0.6 is 23.2 Å². The van der Waals surface area contributed by atoms with E-state index in [0.29, 0.717) is 26.9 Å². The van der Waals surface area contributed by atoms with Crippen molar-refractivity contribution < 1.29 is 19.5 Å². The first-order valence-corrected chi connectivity index (χ1v) is 12.3. The van der Waals surface area contributed by atoms with Crippen LogP contribution < -0.4 is 5.32 Å². The molecule has 2 amide bonds. The topological polar surface area (TPSA) is 99.1 Å². The van der Waals surface area contributed by atoms with Crippen molar-refractivity contribution in [2.75, 3.05) is 6.54 Å². The zero-order valence-electron chi connectivity index (χ0n) is 20.0. The molecule has 1 unspecified atom stereocenters. The Kier molecular flexibility index (Phi) is 8.56. The molecule has 1 atom stereocenters. The molecule has 1 heterocycles. The third kappa shape index (κ3) is 6.41. The molecule has 0 bridgehead atoms. The van der Waals surface area contributed by atoms with Crippen molar-refractivity contribution in [2.24, 2.45) is 4.99 Å². The number of carbonyl (C=O) groups excluding carboxylic acids is 2. The summed E-state index contributed by atoms with van der Waals surface area (Å²) in [6.45, 7) is 5.94. The first-order chi connectivity index (χ1) is 16.5. The van der Waals surface area contributed by atoms with Crippen LogP contribution in [-0.4, -0.2) is 45.7 Å². The summed E-state index contributed by atoms with van der Waals surface area (Å²) in [6, 6.07) is 11.8. The van der Waals surface area contributed by atoms with Gasteiger partial charge in [0.15, 0.2) is 0 Å². The number of carboxylic acids is 1. The Morgan fingerprint density at radius 1 is 1.11 bits per heavy atom. The molecule has 3 rings (SSSR count). The summed E-state index contributed by atoms with van der Waals surface area (Å²) < 4.78 is 0. The predicted octanol–water partition coefficient (Wildman–Crippen LogP) is 5.50. The zero-order valence-corrected chi connectivity index (χ0v) is 21.5. The lowest BCUT2D eigenvalue weighted by atomic mass is 9.95. The molecule has 1 aliphatic heterocycles. The number of aliphatic imine (C=N–C) groups is 1. The van der Waals surface area contributed by atoms with Gasteiger partial charge in [-0.3, -0.25) is 19.4 Å². The molecule has 2 aromatic rings. The Hall–Kier alpha value is -2.90. The molecular weight excluding hydrogens is 489 g/mol. The number of amides is 2. The summed E-state index contributed by atoms with van der Waals surface area (Å²) in [5.74, 6) is -1.52. The first-order valence-electron chi connectivity index (χ1n) is 11.5. The number of aliphatic carboxylic acids is 1. The van der Waals surface area contributed by atoms with Gasteiger partial charge in [0.05, 0.1) is 12.5 Å². The van der Waals surface area contributed by atoms with E-state index >= 15 is 0 Å². The Labute approximate surface area is 215 Å². The second-order valence-electron chi connectivity index (χ2n) is 8.97. The van der Waals surface area contributed by atoms with E-state index in [1.807, 2.05) is 26.0 Å². The SMILES string of the molecule is CCCCC(c1ccc(C(=O)NCCC(=O)O)cc1)N1C(=O)C(c2cc(Cl)cc(Cl)c2)=NC1(C)C. The smallest absolute Gasteiger partial charge is 0.305 e. The van der Waals surface area contributed by atoms with Gasteiger partial charge in [0.2, 0.25) is 0 Å². The van der Waals surface area contributed by atoms with Crippen molar-refractivity contribution >= 4 is 46.7 Å². The van der Waals surface area contributed by atoms with Crippen LogP contribution in [0.4, 0.5) is 0 Å². The standard InChI is InChI=1S/C26H29Cl2N3O4/c1-4-5-6-21(16-7-9-17(10-8-16)24(34)29-12-11-22(32)33)31-25(35)23(30-26(31,2)3)18-13-19(27)15-20(28)14-18/h7-10,13-15,21H,4-6,11-12H2,1-3H3,(H,29,34)(H,32,33). The van der Waals surface area contributed by atoms with Crippen LogP contribution in [0.1, 0.15) is 74.0 Å². The number of hydrogen-bond acceptors (Lipinski definition) is 4. The molecule has 2 aromatic carbocycles. The first kappa shape index (κ1) is 26.7. The lowest BCUT2D eigenvalue weighted by molar-refractivity contribution is -0.136. The van der Waals surface area contributed by atoms with E-state index in [1.54, 1.807) is 35.2 Å². The van der Waals surface area contributed by atoms with Crippen LogP contribution in [0.2, 0.25) is 10.0 Å². The van der Waals surface area contributed by atoms with Crippen molar-refractivity contribution in [3.63, 3.8) is 0 Å². The molecule has 0 aliphatic carbocycles. The fraction of sp³-hybridized carbons (Fsp3) is 0.385. The highest BCUT2D eigenvalue weighted by Crippen LogP contribution is 2.38. The molecule has 0 fully saturated rings. The van der Waals surface area contributed by atoms with Gasteiger partial charge in [0.1, 0.15) is 11.4 Å². The van der Waals surface area contributed by atoms with E-state index in [9.17, 15) is 14.4 Å². The molecule has 7 nitrogen and oxygen atoms in total. The van der Waals surface area contributed by atoms with Crippen LogP contribution in [0.15, 0.2) is 47.5 Å². The van der Waals surface area contributed by atoms with Gasteiger partial charge in [-0.2, -0.15) is 0 Å². The maximum atomic E-state index is 13.7. The molecular formula is C26H29Cl2N3O4. The van der Waals surface area contributed by atoms with Gasteiger partial charge in [0.25, 0.3) is 11.8 Å². The van der Waals surface area contributed by atoms with Gasteiger partial charge >= 0.3 is 5.97 Å². The summed E-state index contributed by atoms with van der Waals surface area (Å²) in [7, 11) is 0. The Bertz CT molecular complexity index is 1130. The third-order valence-electron chi connectivity index (χ3n) is 5.86.